The molecule has 7 nitrogen and oxygen atoms in total. The number of aromatic nitrogens is 3. The Labute approximate surface area is 151 Å². The molecule has 1 amide bonds. The minimum absolute atomic E-state index is 0.0132. The van der Waals surface area contributed by atoms with E-state index in [9.17, 15) is 4.79 Å². The summed E-state index contributed by atoms with van der Waals surface area (Å²) in [4.78, 5) is 20.0. The summed E-state index contributed by atoms with van der Waals surface area (Å²) >= 11 is 0. The monoisotopic (exact) mass is 354 g/mol. The minimum Gasteiger partial charge on any atom is -0.368 e. The molecule has 0 saturated carbocycles. The molecule has 2 aromatic heterocycles. The van der Waals surface area contributed by atoms with Crippen LogP contribution in [0.5, 0.6) is 0 Å². The van der Waals surface area contributed by atoms with Crippen molar-refractivity contribution in [2.75, 3.05) is 13.2 Å². The molecule has 0 aliphatic carbocycles. The van der Waals surface area contributed by atoms with E-state index in [0.717, 1.165) is 41.6 Å². The number of rotatable bonds is 6. The number of hydrogen-bond acceptors (Lipinski definition) is 5. The second-order valence-corrected chi connectivity index (χ2v) is 6.60. The number of benzene rings is 1. The highest BCUT2D eigenvalue weighted by atomic mass is 16.5. The van der Waals surface area contributed by atoms with Crippen LogP contribution in [0.3, 0.4) is 0 Å². The number of carbonyl (C=O) groups is 1. The van der Waals surface area contributed by atoms with E-state index in [1.54, 1.807) is 0 Å². The summed E-state index contributed by atoms with van der Waals surface area (Å²) in [7, 11) is 0. The molecule has 0 bridgehead atoms. The summed E-state index contributed by atoms with van der Waals surface area (Å²) in [5, 5.41) is 8.00. The van der Waals surface area contributed by atoms with E-state index in [-0.39, 0.29) is 12.0 Å². The molecule has 7 heteroatoms. The Hall–Kier alpha value is -2.67. The normalized spacial score (nSPS) is 17.0. The van der Waals surface area contributed by atoms with Gasteiger partial charge < -0.3 is 19.6 Å². The van der Waals surface area contributed by atoms with Crippen molar-refractivity contribution in [1.29, 1.82) is 0 Å². The van der Waals surface area contributed by atoms with Gasteiger partial charge in [0.1, 0.15) is 6.10 Å². The fourth-order valence-electron chi connectivity index (χ4n) is 3.37. The second kappa shape index (κ2) is 7.29. The number of nitrogens with zero attached hydrogens (tertiary/aromatic N) is 2. The summed E-state index contributed by atoms with van der Waals surface area (Å²) in [6.07, 6.45) is 2.75. The van der Waals surface area contributed by atoms with Crippen molar-refractivity contribution in [2.45, 2.75) is 38.7 Å². The molecule has 4 rings (SSSR count). The molecule has 136 valence electrons. The van der Waals surface area contributed by atoms with Gasteiger partial charge in [-0.3, -0.25) is 4.79 Å². The number of para-hydroxylation sites is 1. The zero-order valence-electron chi connectivity index (χ0n) is 14.7. The van der Waals surface area contributed by atoms with Crippen LogP contribution in [-0.4, -0.2) is 34.2 Å². The first-order chi connectivity index (χ1) is 12.7. The molecule has 1 atom stereocenters. The Bertz CT molecular complexity index is 909. The van der Waals surface area contributed by atoms with Crippen molar-refractivity contribution in [1.82, 2.24) is 20.4 Å². The summed E-state index contributed by atoms with van der Waals surface area (Å²) < 4.78 is 10.8. The molecule has 1 aliphatic heterocycles. The quantitative estimate of drug-likeness (QED) is 0.710. The molecule has 26 heavy (non-hydrogen) atoms. The van der Waals surface area contributed by atoms with Crippen LogP contribution in [0.2, 0.25) is 0 Å². The van der Waals surface area contributed by atoms with Crippen molar-refractivity contribution < 1.29 is 14.1 Å². The summed E-state index contributed by atoms with van der Waals surface area (Å²) in [5.74, 6) is 1.12. The zero-order chi connectivity index (χ0) is 17.9. The standard InChI is InChI=1S/C19H22N4O3/c1-12-14(13-5-2-3-6-15(13)21-12)11-18(24)20-9-8-17-22-19(26-23-17)16-7-4-10-25-16/h2-3,5-6,16,21H,4,7-11H2,1H3,(H,20,24). The van der Waals surface area contributed by atoms with E-state index >= 15 is 0 Å². The van der Waals surface area contributed by atoms with Crippen molar-refractivity contribution in [2.24, 2.45) is 0 Å². The Morgan fingerprint density at radius 2 is 2.27 bits per heavy atom. The van der Waals surface area contributed by atoms with Crippen molar-refractivity contribution in [3.63, 3.8) is 0 Å². The fourth-order valence-corrected chi connectivity index (χ4v) is 3.37. The zero-order valence-corrected chi connectivity index (χ0v) is 14.7. The Morgan fingerprint density at radius 3 is 3.12 bits per heavy atom. The molecule has 3 aromatic rings. The smallest absolute Gasteiger partial charge is 0.255 e. The van der Waals surface area contributed by atoms with Gasteiger partial charge in [-0.05, 0) is 31.4 Å². The Kier molecular flexibility index (Phi) is 4.71. The van der Waals surface area contributed by atoms with Gasteiger partial charge in [-0.1, -0.05) is 23.4 Å². The van der Waals surface area contributed by atoms with E-state index < -0.39 is 0 Å². The van der Waals surface area contributed by atoms with E-state index in [1.807, 2.05) is 31.2 Å². The highest BCUT2D eigenvalue weighted by molar-refractivity contribution is 5.90. The van der Waals surface area contributed by atoms with E-state index in [1.165, 1.54) is 0 Å². The SMILES string of the molecule is Cc1[nH]c2ccccc2c1CC(=O)NCCc1noc(C2CCCO2)n1. The highest BCUT2D eigenvalue weighted by Crippen LogP contribution is 2.27. The largest absolute Gasteiger partial charge is 0.368 e. The predicted molar refractivity (Wildman–Crippen MR) is 95.7 cm³/mol. The summed E-state index contributed by atoms with van der Waals surface area (Å²) in [5.41, 5.74) is 3.13. The molecule has 0 spiro atoms. The molecule has 0 radical (unpaired) electrons. The maximum atomic E-state index is 12.3. The second-order valence-electron chi connectivity index (χ2n) is 6.60. The number of ether oxygens (including phenoxy) is 1. The number of amides is 1. The summed E-state index contributed by atoms with van der Waals surface area (Å²) in [6.45, 7) is 3.21. The average Bonchev–Trinajstić information content (AvgIpc) is 3.36. The van der Waals surface area contributed by atoms with Gasteiger partial charge in [0, 0.05) is 36.2 Å². The molecular weight excluding hydrogens is 332 g/mol. The van der Waals surface area contributed by atoms with E-state index in [2.05, 4.69) is 20.4 Å². The van der Waals surface area contributed by atoms with Gasteiger partial charge in [0.15, 0.2) is 5.82 Å². The molecule has 1 aliphatic rings. The maximum absolute atomic E-state index is 12.3. The Balaban J connectivity index is 1.31. The molecule has 1 unspecified atom stereocenters. The Morgan fingerprint density at radius 1 is 1.38 bits per heavy atom. The van der Waals surface area contributed by atoms with Crippen molar-refractivity contribution in [3.8, 4) is 0 Å². The number of aryl methyl sites for hydroxylation is 1. The van der Waals surface area contributed by atoms with Crippen LogP contribution >= 0.6 is 0 Å². The first-order valence-corrected chi connectivity index (χ1v) is 8.97. The number of hydrogen-bond donors (Lipinski definition) is 2. The lowest BCUT2D eigenvalue weighted by molar-refractivity contribution is -0.120. The van der Waals surface area contributed by atoms with E-state index in [4.69, 9.17) is 9.26 Å². The molecule has 1 fully saturated rings. The molecule has 3 heterocycles. The number of aromatic amines is 1. The molecule has 2 N–H and O–H groups in total. The number of H-pyrrole nitrogens is 1. The van der Waals surface area contributed by atoms with Crippen LogP contribution in [0.4, 0.5) is 0 Å². The van der Waals surface area contributed by atoms with Gasteiger partial charge in [0.05, 0.1) is 6.42 Å². The third-order valence-electron chi connectivity index (χ3n) is 4.72. The van der Waals surface area contributed by atoms with Crippen LogP contribution in [0, 0.1) is 6.92 Å². The number of carbonyl (C=O) groups excluding carboxylic acids is 1. The van der Waals surface area contributed by atoms with Gasteiger partial charge in [0.25, 0.3) is 5.89 Å². The van der Waals surface area contributed by atoms with Gasteiger partial charge >= 0.3 is 0 Å². The van der Waals surface area contributed by atoms with Crippen LogP contribution in [0.1, 0.15) is 41.9 Å². The van der Waals surface area contributed by atoms with Gasteiger partial charge in [-0.25, -0.2) is 0 Å². The third kappa shape index (κ3) is 3.48. The average molecular weight is 354 g/mol. The lowest BCUT2D eigenvalue weighted by Crippen LogP contribution is -2.27. The minimum atomic E-state index is -0.0734. The first kappa shape index (κ1) is 16.8. The van der Waals surface area contributed by atoms with Crippen LogP contribution < -0.4 is 5.32 Å². The lowest BCUT2D eigenvalue weighted by Gasteiger charge is -2.04. The van der Waals surface area contributed by atoms with Crippen molar-refractivity contribution >= 4 is 16.8 Å². The third-order valence-corrected chi connectivity index (χ3v) is 4.72. The van der Waals surface area contributed by atoms with Crippen LogP contribution in [0.15, 0.2) is 28.8 Å². The van der Waals surface area contributed by atoms with Gasteiger partial charge in [0.2, 0.25) is 5.91 Å². The highest BCUT2D eigenvalue weighted by Gasteiger charge is 2.23. The molecular formula is C19H22N4O3. The maximum Gasteiger partial charge on any atom is 0.255 e. The summed E-state index contributed by atoms with van der Waals surface area (Å²) in [6, 6.07) is 8.02. The molecule has 1 saturated heterocycles. The lowest BCUT2D eigenvalue weighted by atomic mass is 10.1. The molecule has 1 aromatic carbocycles. The van der Waals surface area contributed by atoms with Crippen molar-refractivity contribution in [3.05, 3.63) is 47.2 Å². The van der Waals surface area contributed by atoms with E-state index in [0.29, 0.717) is 31.1 Å². The van der Waals surface area contributed by atoms with Gasteiger partial charge in [-0.2, -0.15) is 4.98 Å². The number of fused-ring (bicyclic) bond motifs is 1. The topological polar surface area (TPSA) is 93.0 Å². The van der Waals surface area contributed by atoms with Crippen LogP contribution in [-0.2, 0) is 22.4 Å². The first-order valence-electron chi connectivity index (χ1n) is 8.97. The van der Waals surface area contributed by atoms with Crippen LogP contribution in [0.25, 0.3) is 10.9 Å². The fraction of sp³-hybridized carbons (Fsp3) is 0.421. The predicted octanol–water partition coefficient (Wildman–Crippen LogP) is 2.61. The van der Waals surface area contributed by atoms with Gasteiger partial charge in [-0.15, -0.1) is 0 Å². The number of nitrogens with one attached hydrogen (secondary N) is 2.